The highest BCUT2D eigenvalue weighted by Crippen LogP contribution is 2.37. The number of likely N-dealkylation sites (tertiary alicyclic amines) is 2. The molecular formula is C19H25F3N2O2. The van der Waals surface area contributed by atoms with E-state index in [-0.39, 0.29) is 30.4 Å². The van der Waals surface area contributed by atoms with E-state index >= 15 is 0 Å². The van der Waals surface area contributed by atoms with Crippen LogP contribution >= 0.6 is 0 Å². The topological polar surface area (TPSA) is 43.8 Å². The van der Waals surface area contributed by atoms with Gasteiger partial charge in [-0.3, -0.25) is 9.69 Å². The minimum atomic E-state index is -4.44. The third-order valence-corrected chi connectivity index (χ3v) is 5.69. The smallest absolute Gasteiger partial charge is 0.385 e. The van der Waals surface area contributed by atoms with Crippen LogP contribution in [0.1, 0.15) is 43.2 Å². The maximum atomic E-state index is 12.9. The molecule has 2 aliphatic heterocycles. The molecule has 1 aromatic rings. The van der Waals surface area contributed by atoms with E-state index in [4.69, 9.17) is 0 Å². The third kappa shape index (κ3) is 3.88. The number of carbonyl (C=O) groups is 1. The van der Waals surface area contributed by atoms with Crippen molar-refractivity contribution in [1.29, 1.82) is 0 Å². The van der Waals surface area contributed by atoms with Crippen LogP contribution in [0.4, 0.5) is 13.2 Å². The molecule has 1 N–H and O–H groups in total. The molecule has 2 fully saturated rings. The molecule has 0 saturated carbocycles. The van der Waals surface area contributed by atoms with Gasteiger partial charge in [-0.2, -0.15) is 13.2 Å². The van der Waals surface area contributed by atoms with Crippen LogP contribution in [0.2, 0.25) is 0 Å². The van der Waals surface area contributed by atoms with Gasteiger partial charge in [0.1, 0.15) is 0 Å². The zero-order valence-corrected chi connectivity index (χ0v) is 14.9. The maximum absolute atomic E-state index is 12.9. The predicted molar refractivity (Wildman–Crippen MR) is 91.4 cm³/mol. The van der Waals surface area contributed by atoms with Crippen molar-refractivity contribution in [3.8, 4) is 0 Å². The zero-order chi connectivity index (χ0) is 18.9. The highest BCUT2D eigenvalue weighted by Gasteiger charge is 2.39. The Morgan fingerprint density at radius 3 is 2.50 bits per heavy atom. The molecule has 0 radical (unpaired) electrons. The minimum absolute atomic E-state index is 0.0679. The molecule has 2 aliphatic rings. The summed E-state index contributed by atoms with van der Waals surface area (Å²) in [5, 5.41) is 10.9. The number of amides is 1. The van der Waals surface area contributed by atoms with E-state index in [1.54, 1.807) is 4.90 Å². The van der Waals surface area contributed by atoms with E-state index in [0.29, 0.717) is 13.1 Å². The Hall–Kier alpha value is -1.60. The first kappa shape index (κ1) is 19.2. The van der Waals surface area contributed by atoms with Crippen molar-refractivity contribution >= 4 is 5.91 Å². The Labute approximate surface area is 151 Å². The lowest BCUT2D eigenvalue weighted by Gasteiger charge is -2.41. The number of hydrogen-bond donors (Lipinski definition) is 1. The van der Waals surface area contributed by atoms with E-state index in [0.717, 1.165) is 37.9 Å². The molecule has 1 unspecified atom stereocenters. The molecule has 0 aliphatic carbocycles. The fraction of sp³-hybridized carbons (Fsp3) is 0.632. The highest BCUT2D eigenvalue weighted by atomic mass is 19.4. The first-order valence-electron chi connectivity index (χ1n) is 9.10. The van der Waals surface area contributed by atoms with Crippen LogP contribution in [0.25, 0.3) is 0 Å². The van der Waals surface area contributed by atoms with Crippen molar-refractivity contribution in [2.45, 2.75) is 49.9 Å². The van der Waals surface area contributed by atoms with Gasteiger partial charge in [-0.05, 0) is 57.0 Å². The Balaban J connectivity index is 1.68. The molecule has 2 saturated heterocycles. The number of halogens is 3. The quantitative estimate of drug-likeness (QED) is 0.870. The second-order valence-electron chi connectivity index (χ2n) is 7.43. The van der Waals surface area contributed by atoms with Crippen LogP contribution in [0.3, 0.4) is 0 Å². The van der Waals surface area contributed by atoms with Gasteiger partial charge in [0, 0.05) is 13.1 Å². The van der Waals surface area contributed by atoms with E-state index < -0.39 is 17.3 Å². The summed E-state index contributed by atoms with van der Waals surface area (Å²) in [5.41, 5.74) is -1.81. The van der Waals surface area contributed by atoms with E-state index in [1.165, 1.54) is 12.1 Å². The third-order valence-electron chi connectivity index (χ3n) is 5.69. The number of likely N-dealkylation sites (N-methyl/N-ethyl adjacent to an activating group) is 1. The van der Waals surface area contributed by atoms with Crippen LogP contribution in [0.5, 0.6) is 0 Å². The van der Waals surface area contributed by atoms with Gasteiger partial charge in [-0.1, -0.05) is 18.6 Å². The molecule has 0 bridgehead atoms. The first-order chi connectivity index (χ1) is 12.2. The summed E-state index contributed by atoms with van der Waals surface area (Å²) in [6.07, 6.45) is -0.983. The Bertz CT molecular complexity index is 654. The lowest BCUT2D eigenvalue weighted by molar-refractivity contribution is -0.142. The van der Waals surface area contributed by atoms with Gasteiger partial charge >= 0.3 is 6.18 Å². The number of aliphatic hydroxyl groups is 1. The molecule has 0 aromatic heterocycles. The van der Waals surface area contributed by atoms with Gasteiger partial charge in [0.25, 0.3) is 0 Å². The van der Waals surface area contributed by atoms with E-state index in [9.17, 15) is 23.1 Å². The van der Waals surface area contributed by atoms with Crippen molar-refractivity contribution in [1.82, 2.24) is 9.80 Å². The standard InChI is InChI=1S/C19H25F3N2O2/c1-23-10-3-2-7-16(23)17(25)24-11-8-18(26,9-12-24)14-5-4-6-15(13-14)19(20,21)22/h4-6,13,16,26H,2-3,7-12H2,1H3. The van der Waals surface area contributed by atoms with Gasteiger partial charge in [-0.25, -0.2) is 0 Å². The second-order valence-corrected chi connectivity index (χ2v) is 7.43. The normalized spacial score (nSPS) is 24.5. The van der Waals surface area contributed by atoms with Gasteiger partial charge in [-0.15, -0.1) is 0 Å². The van der Waals surface area contributed by atoms with Crippen LogP contribution < -0.4 is 0 Å². The number of alkyl halides is 3. The number of piperidine rings is 2. The molecular weight excluding hydrogens is 345 g/mol. The molecule has 1 aromatic carbocycles. The number of rotatable bonds is 2. The van der Waals surface area contributed by atoms with Gasteiger partial charge in [0.2, 0.25) is 5.91 Å². The summed E-state index contributed by atoms with van der Waals surface area (Å²) in [6, 6.07) is 4.76. The zero-order valence-electron chi connectivity index (χ0n) is 14.9. The van der Waals surface area contributed by atoms with Gasteiger partial charge < -0.3 is 10.0 Å². The molecule has 0 spiro atoms. The van der Waals surface area contributed by atoms with Crippen molar-refractivity contribution in [3.63, 3.8) is 0 Å². The van der Waals surface area contributed by atoms with Gasteiger partial charge in [0.05, 0.1) is 17.2 Å². The van der Waals surface area contributed by atoms with E-state index in [1.807, 2.05) is 7.05 Å². The lowest BCUT2D eigenvalue weighted by Crippen LogP contribution is -2.53. The van der Waals surface area contributed by atoms with Gasteiger partial charge in [0.15, 0.2) is 0 Å². The lowest BCUT2D eigenvalue weighted by atomic mass is 9.83. The van der Waals surface area contributed by atoms with Crippen molar-refractivity contribution in [2.24, 2.45) is 0 Å². The van der Waals surface area contributed by atoms with Crippen molar-refractivity contribution in [2.75, 3.05) is 26.7 Å². The fourth-order valence-electron chi connectivity index (χ4n) is 3.97. The molecule has 2 heterocycles. The average molecular weight is 370 g/mol. The number of benzene rings is 1. The van der Waals surface area contributed by atoms with Crippen molar-refractivity contribution in [3.05, 3.63) is 35.4 Å². The number of carbonyl (C=O) groups excluding carboxylic acids is 1. The predicted octanol–water partition coefficient (Wildman–Crippen LogP) is 3.00. The molecule has 26 heavy (non-hydrogen) atoms. The molecule has 1 atom stereocenters. The maximum Gasteiger partial charge on any atom is 0.416 e. The summed E-state index contributed by atoms with van der Waals surface area (Å²) in [7, 11) is 1.95. The Kier molecular flexibility index (Phi) is 5.30. The van der Waals surface area contributed by atoms with Crippen LogP contribution in [-0.4, -0.2) is 53.5 Å². The monoisotopic (exact) mass is 370 g/mol. The van der Waals surface area contributed by atoms with Crippen LogP contribution in [-0.2, 0) is 16.6 Å². The molecule has 144 valence electrons. The highest BCUT2D eigenvalue weighted by molar-refractivity contribution is 5.82. The number of nitrogens with zero attached hydrogens (tertiary/aromatic N) is 2. The fourth-order valence-corrected chi connectivity index (χ4v) is 3.97. The average Bonchev–Trinajstić information content (AvgIpc) is 2.62. The van der Waals surface area contributed by atoms with Crippen molar-refractivity contribution < 1.29 is 23.1 Å². The Morgan fingerprint density at radius 2 is 1.88 bits per heavy atom. The SMILES string of the molecule is CN1CCCCC1C(=O)N1CCC(O)(c2cccc(C(F)(F)F)c2)CC1. The molecule has 7 heteroatoms. The van der Waals surface area contributed by atoms with E-state index in [2.05, 4.69) is 4.90 Å². The summed E-state index contributed by atoms with van der Waals surface area (Å²) >= 11 is 0. The second kappa shape index (κ2) is 7.19. The minimum Gasteiger partial charge on any atom is -0.385 e. The summed E-state index contributed by atoms with van der Waals surface area (Å²) < 4.78 is 38.8. The molecule has 3 rings (SSSR count). The summed E-state index contributed by atoms with van der Waals surface area (Å²) in [4.78, 5) is 16.6. The number of hydrogen-bond acceptors (Lipinski definition) is 3. The first-order valence-corrected chi connectivity index (χ1v) is 9.10. The van der Waals surface area contributed by atoms with Crippen LogP contribution in [0.15, 0.2) is 24.3 Å². The Morgan fingerprint density at radius 1 is 1.19 bits per heavy atom. The summed E-state index contributed by atoms with van der Waals surface area (Å²) in [5.74, 6) is 0.0679. The molecule has 1 amide bonds. The summed E-state index contributed by atoms with van der Waals surface area (Å²) in [6.45, 7) is 1.62. The van der Waals surface area contributed by atoms with Crippen LogP contribution in [0, 0.1) is 0 Å². The molecule has 4 nitrogen and oxygen atoms in total. The largest absolute Gasteiger partial charge is 0.416 e.